The van der Waals surface area contributed by atoms with Gasteiger partial charge in [0, 0.05) is 5.54 Å². The van der Waals surface area contributed by atoms with E-state index in [4.69, 9.17) is 10.9 Å². The lowest BCUT2D eigenvalue weighted by atomic mass is 9.98. The molecule has 1 aromatic rings. The van der Waals surface area contributed by atoms with Crippen molar-refractivity contribution in [2.75, 3.05) is 11.1 Å². The summed E-state index contributed by atoms with van der Waals surface area (Å²) in [5.41, 5.74) is 6.92. The molecule has 5 N–H and O–H groups in total. The van der Waals surface area contributed by atoms with Crippen molar-refractivity contribution in [1.82, 2.24) is 0 Å². The first kappa shape index (κ1) is 13.2. The minimum absolute atomic E-state index is 0.0748. The van der Waals surface area contributed by atoms with Gasteiger partial charge in [0.05, 0.1) is 16.3 Å². The van der Waals surface area contributed by atoms with E-state index in [1.54, 1.807) is 6.07 Å². The lowest BCUT2D eigenvalue weighted by molar-refractivity contribution is 0.494. The molecule has 5 nitrogen and oxygen atoms in total. The summed E-state index contributed by atoms with van der Waals surface area (Å²) in [6, 6.07) is 4.47. The predicted octanol–water partition coefficient (Wildman–Crippen LogP) is 1.52. The SMILES string of the molecule is CC(C)(Nc1cc(S(N)(=O)=O)ccc1N)C1CC1. The molecule has 0 aromatic heterocycles. The Hall–Kier alpha value is -1.27. The third-order valence-electron chi connectivity index (χ3n) is 3.41. The zero-order chi connectivity index (χ0) is 13.6. The molecule has 1 aliphatic rings. The maximum Gasteiger partial charge on any atom is 0.238 e. The number of sulfonamides is 1. The summed E-state index contributed by atoms with van der Waals surface area (Å²) in [5.74, 6) is 0.607. The largest absolute Gasteiger partial charge is 0.397 e. The Balaban J connectivity index is 2.32. The molecule has 1 fully saturated rings. The van der Waals surface area contributed by atoms with E-state index in [-0.39, 0.29) is 10.4 Å². The topological polar surface area (TPSA) is 98.2 Å². The summed E-state index contributed by atoms with van der Waals surface area (Å²) >= 11 is 0. The molecule has 0 spiro atoms. The Bertz CT molecular complexity index is 563. The highest BCUT2D eigenvalue weighted by Crippen LogP contribution is 2.41. The molecule has 0 unspecified atom stereocenters. The lowest BCUT2D eigenvalue weighted by Gasteiger charge is -2.28. The normalized spacial score (nSPS) is 16.6. The summed E-state index contributed by atoms with van der Waals surface area (Å²) in [7, 11) is -3.70. The Labute approximate surface area is 108 Å². The van der Waals surface area contributed by atoms with Crippen LogP contribution in [0.3, 0.4) is 0 Å². The molecule has 18 heavy (non-hydrogen) atoms. The molecule has 1 saturated carbocycles. The second kappa shape index (κ2) is 4.13. The molecule has 1 aliphatic carbocycles. The maximum atomic E-state index is 11.3. The molecule has 0 aliphatic heterocycles. The fraction of sp³-hybridized carbons (Fsp3) is 0.500. The number of nitrogens with one attached hydrogen (secondary N) is 1. The van der Waals surface area contributed by atoms with Gasteiger partial charge in [-0.3, -0.25) is 0 Å². The second-order valence-electron chi connectivity index (χ2n) is 5.42. The van der Waals surface area contributed by atoms with E-state index in [9.17, 15) is 8.42 Å². The number of rotatable bonds is 4. The predicted molar refractivity (Wildman–Crippen MR) is 72.7 cm³/mol. The van der Waals surface area contributed by atoms with Gasteiger partial charge in [-0.1, -0.05) is 0 Å². The number of anilines is 2. The van der Waals surface area contributed by atoms with Gasteiger partial charge < -0.3 is 11.1 Å². The Kier molecular flexibility index (Phi) is 3.03. The zero-order valence-electron chi connectivity index (χ0n) is 10.6. The van der Waals surface area contributed by atoms with Gasteiger partial charge in [-0.25, -0.2) is 13.6 Å². The minimum Gasteiger partial charge on any atom is -0.397 e. The smallest absolute Gasteiger partial charge is 0.238 e. The van der Waals surface area contributed by atoms with Crippen molar-refractivity contribution in [1.29, 1.82) is 0 Å². The lowest BCUT2D eigenvalue weighted by Crippen LogP contribution is -2.33. The molecule has 1 aromatic carbocycles. The Morgan fingerprint density at radius 2 is 1.94 bits per heavy atom. The van der Waals surface area contributed by atoms with Crippen molar-refractivity contribution in [3.63, 3.8) is 0 Å². The number of benzene rings is 1. The molecule has 0 heterocycles. The van der Waals surface area contributed by atoms with Crippen LogP contribution < -0.4 is 16.2 Å². The highest BCUT2D eigenvalue weighted by atomic mass is 32.2. The summed E-state index contributed by atoms with van der Waals surface area (Å²) in [6.07, 6.45) is 2.38. The van der Waals surface area contributed by atoms with E-state index in [0.717, 1.165) is 0 Å². The standard InChI is InChI=1S/C12H19N3O2S/c1-12(2,8-3-4-8)15-11-7-9(18(14,16)17)5-6-10(11)13/h5-8,15H,3-4,13H2,1-2H3,(H2,14,16,17). The summed E-state index contributed by atoms with van der Waals surface area (Å²) in [4.78, 5) is 0.0748. The quantitative estimate of drug-likeness (QED) is 0.722. The molecular weight excluding hydrogens is 250 g/mol. The minimum atomic E-state index is -3.70. The second-order valence-corrected chi connectivity index (χ2v) is 6.98. The number of hydrogen-bond acceptors (Lipinski definition) is 4. The molecule has 0 bridgehead atoms. The van der Waals surface area contributed by atoms with Crippen molar-refractivity contribution in [2.45, 2.75) is 37.1 Å². The molecular formula is C12H19N3O2S. The van der Waals surface area contributed by atoms with E-state index in [1.165, 1.54) is 25.0 Å². The third kappa shape index (κ3) is 2.76. The molecule has 2 rings (SSSR count). The van der Waals surface area contributed by atoms with Crippen LogP contribution in [0.1, 0.15) is 26.7 Å². The van der Waals surface area contributed by atoms with E-state index < -0.39 is 10.0 Å². The van der Waals surface area contributed by atoms with Crippen LogP contribution in [0.15, 0.2) is 23.1 Å². The van der Waals surface area contributed by atoms with Crippen molar-refractivity contribution < 1.29 is 8.42 Å². The van der Waals surface area contributed by atoms with Gasteiger partial charge in [-0.2, -0.15) is 0 Å². The van der Waals surface area contributed by atoms with Crippen LogP contribution in [0.2, 0.25) is 0 Å². The average Bonchev–Trinajstić information content (AvgIpc) is 3.02. The highest BCUT2D eigenvalue weighted by Gasteiger charge is 2.37. The number of nitrogen functional groups attached to an aromatic ring is 1. The van der Waals surface area contributed by atoms with Crippen LogP contribution in [-0.4, -0.2) is 14.0 Å². The summed E-state index contributed by atoms with van der Waals surface area (Å²) < 4.78 is 22.6. The third-order valence-corrected chi connectivity index (χ3v) is 4.32. The average molecular weight is 269 g/mol. The van der Waals surface area contributed by atoms with Gasteiger partial charge in [0.15, 0.2) is 0 Å². The van der Waals surface area contributed by atoms with Crippen molar-refractivity contribution in [3.8, 4) is 0 Å². The van der Waals surface area contributed by atoms with Crippen LogP contribution in [0.5, 0.6) is 0 Å². The molecule has 0 atom stereocenters. The van der Waals surface area contributed by atoms with Crippen LogP contribution in [0.4, 0.5) is 11.4 Å². The van der Waals surface area contributed by atoms with E-state index in [1.807, 2.05) is 0 Å². The first-order valence-corrected chi connectivity index (χ1v) is 7.45. The molecule has 0 amide bonds. The van der Waals surface area contributed by atoms with Crippen LogP contribution in [-0.2, 0) is 10.0 Å². The van der Waals surface area contributed by atoms with E-state index in [2.05, 4.69) is 19.2 Å². The van der Waals surface area contributed by atoms with Gasteiger partial charge in [0.2, 0.25) is 10.0 Å². The zero-order valence-corrected chi connectivity index (χ0v) is 11.4. The molecule has 0 radical (unpaired) electrons. The van der Waals surface area contributed by atoms with E-state index in [0.29, 0.717) is 17.3 Å². The Morgan fingerprint density at radius 3 is 2.44 bits per heavy atom. The fourth-order valence-corrected chi connectivity index (χ4v) is 2.61. The first-order chi connectivity index (χ1) is 8.20. The summed E-state index contributed by atoms with van der Waals surface area (Å²) in [6.45, 7) is 4.18. The van der Waals surface area contributed by atoms with Crippen molar-refractivity contribution in [2.24, 2.45) is 11.1 Å². The van der Waals surface area contributed by atoms with Crippen LogP contribution >= 0.6 is 0 Å². The molecule has 0 saturated heterocycles. The van der Waals surface area contributed by atoms with Gasteiger partial charge in [-0.15, -0.1) is 0 Å². The van der Waals surface area contributed by atoms with Gasteiger partial charge in [-0.05, 0) is 50.8 Å². The number of hydrogen-bond donors (Lipinski definition) is 3. The Morgan fingerprint density at radius 1 is 1.33 bits per heavy atom. The van der Waals surface area contributed by atoms with E-state index >= 15 is 0 Å². The van der Waals surface area contributed by atoms with Crippen LogP contribution in [0, 0.1) is 5.92 Å². The van der Waals surface area contributed by atoms with Gasteiger partial charge >= 0.3 is 0 Å². The fourth-order valence-electron chi connectivity index (χ4n) is 2.07. The first-order valence-electron chi connectivity index (χ1n) is 5.91. The molecule has 6 heteroatoms. The van der Waals surface area contributed by atoms with Crippen molar-refractivity contribution in [3.05, 3.63) is 18.2 Å². The van der Waals surface area contributed by atoms with Crippen molar-refractivity contribution >= 4 is 21.4 Å². The highest BCUT2D eigenvalue weighted by molar-refractivity contribution is 7.89. The summed E-state index contributed by atoms with van der Waals surface area (Å²) in [5, 5.41) is 8.43. The monoisotopic (exact) mass is 269 g/mol. The number of primary sulfonamides is 1. The van der Waals surface area contributed by atoms with Gasteiger partial charge in [0.25, 0.3) is 0 Å². The van der Waals surface area contributed by atoms with Gasteiger partial charge in [0.1, 0.15) is 0 Å². The number of nitrogens with two attached hydrogens (primary N) is 2. The molecule has 100 valence electrons. The van der Waals surface area contributed by atoms with Crippen LogP contribution in [0.25, 0.3) is 0 Å². The maximum absolute atomic E-state index is 11.3.